The molecule has 0 spiro atoms. The van der Waals surface area contributed by atoms with E-state index in [0.717, 1.165) is 30.9 Å². The van der Waals surface area contributed by atoms with Crippen LogP contribution < -0.4 is 10.1 Å². The zero-order valence-corrected chi connectivity index (χ0v) is 12.4. The predicted octanol–water partition coefficient (Wildman–Crippen LogP) is 3.92. The lowest BCUT2D eigenvalue weighted by molar-refractivity contribution is 0.257. The van der Waals surface area contributed by atoms with E-state index >= 15 is 0 Å². The molecule has 0 radical (unpaired) electrons. The summed E-state index contributed by atoms with van der Waals surface area (Å²) in [5.74, 6) is 1.76. The van der Waals surface area contributed by atoms with Crippen LogP contribution in [0.4, 0.5) is 0 Å². The molecule has 1 aromatic heterocycles. The fourth-order valence-electron chi connectivity index (χ4n) is 1.96. The van der Waals surface area contributed by atoms with Crippen LogP contribution in [0.5, 0.6) is 5.75 Å². The first-order valence-corrected chi connectivity index (χ1v) is 7.30. The Bertz CT molecular complexity index is 499. The minimum atomic E-state index is 0.222. The van der Waals surface area contributed by atoms with E-state index in [0.29, 0.717) is 11.6 Å². The Morgan fingerprint density at radius 1 is 1.30 bits per heavy atom. The minimum Gasteiger partial charge on any atom is -0.492 e. The topological polar surface area (TPSA) is 34.4 Å². The summed E-state index contributed by atoms with van der Waals surface area (Å²) in [5.41, 5.74) is 0. The number of hydrogen-bond donors (Lipinski definition) is 1. The van der Waals surface area contributed by atoms with Gasteiger partial charge in [-0.15, -0.1) is 0 Å². The molecule has 0 amide bonds. The van der Waals surface area contributed by atoms with E-state index in [1.165, 1.54) is 0 Å². The summed E-state index contributed by atoms with van der Waals surface area (Å²) in [6.07, 6.45) is 3.60. The lowest BCUT2D eigenvalue weighted by atomic mass is 10.2. The van der Waals surface area contributed by atoms with Gasteiger partial charge < -0.3 is 14.5 Å². The van der Waals surface area contributed by atoms with Crippen molar-refractivity contribution in [2.45, 2.75) is 25.8 Å². The molecular weight excluding hydrogens is 274 g/mol. The summed E-state index contributed by atoms with van der Waals surface area (Å²) in [6.45, 7) is 3.69. The average Bonchev–Trinajstić information content (AvgIpc) is 2.95. The van der Waals surface area contributed by atoms with Gasteiger partial charge in [0.15, 0.2) is 0 Å². The van der Waals surface area contributed by atoms with E-state index in [1.807, 2.05) is 36.4 Å². The maximum Gasteiger partial charge on any atom is 0.120 e. The highest BCUT2D eigenvalue weighted by molar-refractivity contribution is 6.30. The van der Waals surface area contributed by atoms with Crippen molar-refractivity contribution in [3.8, 4) is 5.75 Å². The Hall–Kier alpha value is -1.45. The number of furan rings is 1. The molecule has 1 unspecified atom stereocenters. The lowest BCUT2D eigenvalue weighted by Gasteiger charge is -2.18. The van der Waals surface area contributed by atoms with Crippen LogP contribution in [0.1, 0.15) is 19.1 Å². The zero-order chi connectivity index (χ0) is 14.2. The van der Waals surface area contributed by atoms with Crippen LogP contribution in [0.25, 0.3) is 0 Å². The van der Waals surface area contributed by atoms with Gasteiger partial charge in [0.05, 0.1) is 6.26 Å². The van der Waals surface area contributed by atoms with Gasteiger partial charge in [-0.25, -0.2) is 0 Å². The SMILES string of the molecule is CCCNC(COc1cccc(Cl)c1)Cc1ccco1. The fraction of sp³-hybridized carbons (Fsp3) is 0.375. The molecule has 3 nitrogen and oxygen atoms in total. The lowest BCUT2D eigenvalue weighted by Crippen LogP contribution is -2.37. The van der Waals surface area contributed by atoms with Crippen LogP contribution in [-0.4, -0.2) is 19.2 Å². The van der Waals surface area contributed by atoms with Crippen LogP contribution in [0, 0.1) is 0 Å². The molecule has 0 aliphatic rings. The molecule has 2 rings (SSSR count). The Morgan fingerprint density at radius 3 is 2.90 bits per heavy atom. The average molecular weight is 294 g/mol. The fourth-order valence-corrected chi connectivity index (χ4v) is 2.14. The van der Waals surface area contributed by atoms with Gasteiger partial charge in [-0.3, -0.25) is 0 Å². The van der Waals surface area contributed by atoms with E-state index in [2.05, 4.69) is 12.2 Å². The Labute approximate surface area is 124 Å². The summed E-state index contributed by atoms with van der Waals surface area (Å²) in [6, 6.07) is 11.6. The summed E-state index contributed by atoms with van der Waals surface area (Å²) in [4.78, 5) is 0. The van der Waals surface area contributed by atoms with Crippen molar-refractivity contribution in [2.75, 3.05) is 13.2 Å². The van der Waals surface area contributed by atoms with Crippen molar-refractivity contribution in [3.05, 3.63) is 53.4 Å². The molecule has 1 atom stereocenters. The van der Waals surface area contributed by atoms with Crippen molar-refractivity contribution in [1.82, 2.24) is 5.32 Å². The summed E-state index contributed by atoms with van der Waals surface area (Å²) < 4.78 is 11.2. The van der Waals surface area contributed by atoms with Gasteiger partial charge in [0, 0.05) is 17.5 Å². The molecule has 0 aliphatic carbocycles. The Kier molecular flexibility index (Phi) is 5.96. The Balaban J connectivity index is 1.89. The standard InChI is InChI=1S/C16H20ClNO2/c1-2-8-18-14(11-16-7-4-9-19-16)12-20-15-6-3-5-13(17)10-15/h3-7,9-10,14,18H,2,8,11-12H2,1H3. The summed E-state index contributed by atoms with van der Waals surface area (Å²) >= 11 is 5.95. The van der Waals surface area contributed by atoms with Gasteiger partial charge in [-0.1, -0.05) is 24.6 Å². The first-order chi connectivity index (χ1) is 9.78. The number of hydrogen-bond acceptors (Lipinski definition) is 3. The molecule has 0 saturated carbocycles. The third-order valence-electron chi connectivity index (χ3n) is 2.96. The molecule has 108 valence electrons. The van der Waals surface area contributed by atoms with Gasteiger partial charge >= 0.3 is 0 Å². The van der Waals surface area contributed by atoms with Gasteiger partial charge in [0.1, 0.15) is 18.1 Å². The molecule has 20 heavy (non-hydrogen) atoms. The van der Waals surface area contributed by atoms with Crippen molar-refractivity contribution in [1.29, 1.82) is 0 Å². The highest BCUT2D eigenvalue weighted by atomic mass is 35.5. The van der Waals surface area contributed by atoms with Crippen molar-refractivity contribution in [3.63, 3.8) is 0 Å². The van der Waals surface area contributed by atoms with E-state index in [4.69, 9.17) is 20.8 Å². The third-order valence-corrected chi connectivity index (χ3v) is 3.19. The third kappa shape index (κ3) is 4.91. The highest BCUT2D eigenvalue weighted by Crippen LogP contribution is 2.17. The van der Waals surface area contributed by atoms with Crippen LogP contribution in [0.3, 0.4) is 0 Å². The molecule has 0 saturated heterocycles. The van der Waals surface area contributed by atoms with Gasteiger partial charge in [-0.05, 0) is 43.3 Å². The first-order valence-electron chi connectivity index (χ1n) is 6.92. The van der Waals surface area contributed by atoms with E-state index < -0.39 is 0 Å². The second kappa shape index (κ2) is 7.98. The highest BCUT2D eigenvalue weighted by Gasteiger charge is 2.11. The van der Waals surface area contributed by atoms with Gasteiger partial charge in [0.2, 0.25) is 0 Å². The molecule has 1 heterocycles. The van der Waals surface area contributed by atoms with Crippen molar-refractivity contribution in [2.24, 2.45) is 0 Å². The molecule has 2 aromatic rings. The molecule has 0 bridgehead atoms. The van der Waals surface area contributed by atoms with E-state index in [1.54, 1.807) is 6.26 Å². The monoisotopic (exact) mass is 293 g/mol. The zero-order valence-electron chi connectivity index (χ0n) is 11.6. The van der Waals surface area contributed by atoms with Crippen molar-refractivity contribution < 1.29 is 9.15 Å². The number of ether oxygens (including phenoxy) is 1. The Morgan fingerprint density at radius 2 is 2.20 bits per heavy atom. The van der Waals surface area contributed by atoms with E-state index in [9.17, 15) is 0 Å². The second-order valence-corrected chi connectivity index (χ2v) is 5.14. The van der Waals surface area contributed by atoms with Crippen LogP contribution in [-0.2, 0) is 6.42 Å². The normalized spacial score (nSPS) is 12.3. The second-order valence-electron chi connectivity index (χ2n) is 4.70. The molecule has 0 fully saturated rings. The first kappa shape index (κ1) is 14.9. The smallest absolute Gasteiger partial charge is 0.120 e. The van der Waals surface area contributed by atoms with Crippen molar-refractivity contribution >= 4 is 11.6 Å². The largest absolute Gasteiger partial charge is 0.492 e. The number of halogens is 1. The van der Waals surface area contributed by atoms with Gasteiger partial charge in [-0.2, -0.15) is 0 Å². The van der Waals surface area contributed by atoms with Gasteiger partial charge in [0.25, 0.3) is 0 Å². The quantitative estimate of drug-likeness (QED) is 0.801. The molecular formula is C16H20ClNO2. The predicted molar refractivity (Wildman–Crippen MR) is 81.4 cm³/mol. The van der Waals surface area contributed by atoms with Crippen LogP contribution in [0.15, 0.2) is 47.1 Å². The minimum absolute atomic E-state index is 0.222. The number of nitrogens with one attached hydrogen (secondary N) is 1. The summed E-state index contributed by atoms with van der Waals surface area (Å²) in [7, 11) is 0. The maximum absolute atomic E-state index is 5.95. The maximum atomic E-state index is 5.95. The molecule has 4 heteroatoms. The molecule has 1 aromatic carbocycles. The molecule has 0 aliphatic heterocycles. The molecule has 1 N–H and O–H groups in total. The summed E-state index contributed by atoms with van der Waals surface area (Å²) in [5, 5.41) is 4.16. The van der Waals surface area contributed by atoms with Crippen LogP contribution in [0.2, 0.25) is 5.02 Å². The van der Waals surface area contributed by atoms with Crippen LogP contribution >= 0.6 is 11.6 Å². The number of benzene rings is 1. The van der Waals surface area contributed by atoms with E-state index in [-0.39, 0.29) is 6.04 Å². The number of rotatable bonds is 8.